The molecule has 3 heteroatoms. The molecule has 1 heterocycles. The number of nitrogens with one attached hydrogen (secondary N) is 1. The quantitative estimate of drug-likeness (QED) is 0.663. The zero-order chi connectivity index (χ0) is 13.7. The molecule has 0 saturated heterocycles. The van der Waals surface area contributed by atoms with Crippen LogP contribution in [0.1, 0.15) is 36.6 Å². The van der Waals surface area contributed by atoms with E-state index in [2.05, 4.69) is 40.7 Å². The predicted octanol–water partition coefficient (Wildman–Crippen LogP) is 3.09. The van der Waals surface area contributed by atoms with Crippen LogP contribution >= 0.6 is 0 Å². The fourth-order valence-electron chi connectivity index (χ4n) is 4.24. The first-order valence-corrected chi connectivity index (χ1v) is 7.61. The van der Waals surface area contributed by atoms with Crippen molar-refractivity contribution < 1.29 is 0 Å². The molecule has 3 unspecified atom stereocenters. The Labute approximate surface area is 119 Å². The van der Waals surface area contributed by atoms with Crippen LogP contribution in [0.5, 0.6) is 0 Å². The third-order valence-electron chi connectivity index (χ3n) is 5.25. The summed E-state index contributed by atoms with van der Waals surface area (Å²) in [6.45, 7) is 2.03. The second kappa shape index (κ2) is 4.54. The van der Waals surface area contributed by atoms with E-state index >= 15 is 0 Å². The van der Waals surface area contributed by atoms with Crippen molar-refractivity contribution in [3.63, 3.8) is 0 Å². The zero-order valence-corrected chi connectivity index (χ0v) is 11.8. The van der Waals surface area contributed by atoms with E-state index in [9.17, 15) is 0 Å². The van der Waals surface area contributed by atoms with E-state index in [-0.39, 0.29) is 0 Å². The number of hydrogen-bond donors (Lipinski definition) is 2. The van der Waals surface area contributed by atoms with Crippen molar-refractivity contribution >= 4 is 10.9 Å². The van der Waals surface area contributed by atoms with Gasteiger partial charge in [0.1, 0.15) is 0 Å². The largest absolute Gasteiger partial charge is 0.271 e. The van der Waals surface area contributed by atoms with E-state index < -0.39 is 0 Å². The third-order valence-corrected chi connectivity index (χ3v) is 5.25. The minimum atomic E-state index is 0.302. The minimum Gasteiger partial charge on any atom is -0.271 e. The summed E-state index contributed by atoms with van der Waals surface area (Å²) in [4.78, 5) is 4.57. The number of benzene rings is 1. The Morgan fingerprint density at radius 1 is 1.20 bits per heavy atom. The molecule has 0 aliphatic heterocycles. The molecule has 1 aromatic carbocycles. The van der Waals surface area contributed by atoms with Crippen LogP contribution in [0, 0.1) is 24.7 Å². The summed E-state index contributed by atoms with van der Waals surface area (Å²) in [6, 6.07) is 11.1. The van der Waals surface area contributed by atoms with Gasteiger partial charge in [0.05, 0.1) is 5.52 Å². The smallest absolute Gasteiger partial charge is 0.0705 e. The normalized spacial score (nSPS) is 29.4. The summed E-state index contributed by atoms with van der Waals surface area (Å²) in [6.07, 6.45) is 4.19. The van der Waals surface area contributed by atoms with Gasteiger partial charge in [-0.2, -0.15) is 0 Å². The van der Waals surface area contributed by atoms with Crippen molar-refractivity contribution in [1.82, 2.24) is 10.4 Å². The minimum absolute atomic E-state index is 0.302. The number of fused-ring (bicyclic) bond motifs is 2. The van der Waals surface area contributed by atoms with E-state index in [1.165, 1.54) is 30.2 Å². The molecule has 3 N–H and O–H groups in total. The molecule has 2 aliphatic rings. The number of hydrogen-bond acceptors (Lipinski definition) is 3. The van der Waals surface area contributed by atoms with Crippen LogP contribution < -0.4 is 11.3 Å². The zero-order valence-electron chi connectivity index (χ0n) is 11.8. The fourth-order valence-corrected chi connectivity index (χ4v) is 4.24. The van der Waals surface area contributed by atoms with Gasteiger partial charge < -0.3 is 0 Å². The Morgan fingerprint density at radius 3 is 2.75 bits per heavy atom. The van der Waals surface area contributed by atoms with Gasteiger partial charge >= 0.3 is 0 Å². The monoisotopic (exact) mass is 267 g/mol. The van der Waals surface area contributed by atoms with Crippen LogP contribution in [-0.4, -0.2) is 4.98 Å². The molecule has 2 aliphatic carbocycles. The fraction of sp³-hybridized carbons (Fsp3) is 0.471. The van der Waals surface area contributed by atoms with Crippen LogP contribution in [0.25, 0.3) is 10.9 Å². The highest BCUT2D eigenvalue weighted by molar-refractivity contribution is 5.79. The van der Waals surface area contributed by atoms with Gasteiger partial charge in [-0.1, -0.05) is 18.6 Å². The van der Waals surface area contributed by atoms with Crippen molar-refractivity contribution in [2.24, 2.45) is 23.6 Å². The van der Waals surface area contributed by atoms with Gasteiger partial charge in [-0.3, -0.25) is 16.3 Å². The molecule has 3 nitrogen and oxygen atoms in total. The van der Waals surface area contributed by atoms with Crippen molar-refractivity contribution in [3.05, 3.63) is 41.6 Å². The van der Waals surface area contributed by atoms with Crippen LogP contribution in [0.15, 0.2) is 30.3 Å². The molecule has 2 fully saturated rings. The van der Waals surface area contributed by atoms with Crippen molar-refractivity contribution in [3.8, 4) is 0 Å². The predicted molar refractivity (Wildman–Crippen MR) is 80.9 cm³/mol. The SMILES string of the molecule is Cc1ccc2cc(C(NN)C3C4CCCC43)ccc2n1. The Hall–Kier alpha value is -1.45. The van der Waals surface area contributed by atoms with E-state index in [1.54, 1.807) is 0 Å². The molecule has 2 saturated carbocycles. The molecule has 20 heavy (non-hydrogen) atoms. The second-order valence-electron chi connectivity index (χ2n) is 6.39. The number of nitrogens with zero attached hydrogens (tertiary/aromatic N) is 1. The number of nitrogens with two attached hydrogens (primary N) is 1. The molecule has 0 spiro atoms. The molecule has 0 amide bonds. The Bertz CT molecular complexity index is 642. The lowest BCUT2D eigenvalue weighted by Crippen LogP contribution is -2.30. The van der Waals surface area contributed by atoms with Gasteiger partial charge in [0.15, 0.2) is 0 Å². The summed E-state index contributed by atoms with van der Waals surface area (Å²) < 4.78 is 0. The average molecular weight is 267 g/mol. The van der Waals surface area contributed by atoms with Gasteiger partial charge in [0.2, 0.25) is 0 Å². The Morgan fingerprint density at radius 2 is 2.00 bits per heavy atom. The average Bonchev–Trinajstić information content (AvgIpc) is 2.93. The summed E-state index contributed by atoms with van der Waals surface area (Å²) in [5.41, 5.74) is 6.51. The molecule has 4 rings (SSSR count). The standard InChI is InChI=1S/C17H21N3/c1-10-5-6-11-9-12(7-8-15(11)19-10)17(20-18)16-13-3-2-4-14(13)16/h5-9,13-14,16-17,20H,2-4,18H2,1H3. The van der Waals surface area contributed by atoms with Crippen LogP contribution in [0.4, 0.5) is 0 Å². The molecule has 1 aromatic heterocycles. The van der Waals surface area contributed by atoms with Gasteiger partial charge in [-0.15, -0.1) is 0 Å². The molecule has 0 radical (unpaired) electrons. The van der Waals surface area contributed by atoms with Gasteiger partial charge in [0, 0.05) is 17.1 Å². The summed E-state index contributed by atoms with van der Waals surface area (Å²) in [7, 11) is 0. The molecule has 0 bridgehead atoms. The molecule has 2 aromatic rings. The highest BCUT2D eigenvalue weighted by Crippen LogP contribution is 2.62. The van der Waals surface area contributed by atoms with Crippen molar-refractivity contribution in [2.75, 3.05) is 0 Å². The molecule has 104 valence electrons. The van der Waals surface area contributed by atoms with E-state index in [4.69, 9.17) is 5.84 Å². The van der Waals surface area contributed by atoms with Crippen LogP contribution in [-0.2, 0) is 0 Å². The van der Waals surface area contributed by atoms with Crippen molar-refractivity contribution in [2.45, 2.75) is 32.2 Å². The van der Waals surface area contributed by atoms with E-state index in [0.717, 1.165) is 29.0 Å². The van der Waals surface area contributed by atoms with Crippen LogP contribution in [0.3, 0.4) is 0 Å². The van der Waals surface area contributed by atoms with Crippen LogP contribution in [0.2, 0.25) is 0 Å². The maximum atomic E-state index is 5.85. The van der Waals surface area contributed by atoms with Gasteiger partial charge in [-0.25, -0.2) is 0 Å². The molecule has 3 atom stereocenters. The van der Waals surface area contributed by atoms with Gasteiger partial charge in [0.25, 0.3) is 0 Å². The Balaban J connectivity index is 1.68. The van der Waals surface area contributed by atoms with E-state index in [0.29, 0.717) is 6.04 Å². The van der Waals surface area contributed by atoms with E-state index in [1.807, 2.05) is 6.92 Å². The first-order valence-electron chi connectivity index (χ1n) is 7.61. The lowest BCUT2D eigenvalue weighted by atomic mass is 9.96. The summed E-state index contributed by atoms with van der Waals surface area (Å²) >= 11 is 0. The summed E-state index contributed by atoms with van der Waals surface area (Å²) in [5, 5.41) is 1.21. The summed E-state index contributed by atoms with van der Waals surface area (Å²) in [5.74, 6) is 8.40. The number of aryl methyl sites for hydroxylation is 1. The van der Waals surface area contributed by atoms with Gasteiger partial charge in [-0.05, 0) is 61.3 Å². The number of aromatic nitrogens is 1. The number of rotatable bonds is 3. The Kier molecular flexibility index (Phi) is 2.79. The lowest BCUT2D eigenvalue weighted by molar-refractivity contribution is 0.425. The maximum Gasteiger partial charge on any atom is 0.0705 e. The lowest BCUT2D eigenvalue weighted by Gasteiger charge is -2.19. The molecular formula is C17H21N3. The number of pyridine rings is 1. The second-order valence-corrected chi connectivity index (χ2v) is 6.39. The first-order chi connectivity index (χ1) is 9.78. The highest BCUT2D eigenvalue weighted by Gasteiger charge is 2.55. The molecular weight excluding hydrogens is 246 g/mol. The number of hydrazine groups is 1. The highest BCUT2D eigenvalue weighted by atomic mass is 15.2. The topological polar surface area (TPSA) is 50.9 Å². The maximum absolute atomic E-state index is 5.85. The van der Waals surface area contributed by atoms with Crippen molar-refractivity contribution in [1.29, 1.82) is 0 Å². The first kappa shape index (κ1) is 12.3. The third kappa shape index (κ3) is 1.85.